The van der Waals surface area contributed by atoms with Crippen LogP contribution in [0.3, 0.4) is 0 Å². The Balaban J connectivity index is 1.60. The normalized spacial score (nSPS) is 15.9. The minimum absolute atomic E-state index is 0.284. The first kappa shape index (κ1) is 26.8. The van der Waals surface area contributed by atoms with E-state index in [2.05, 4.69) is 98.0 Å². The first-order valence-corrected chi connectivity index (χ1v) is 17.6. The number of fused-ring (bicyclic) bond motifs is 2. The van der Waals surface area contributed by atoms with Gasteiger partial charge in [0.2, 0.25) is 0 Å². The minimum Gasteiger partial charge on any atom is -0.360 e. The first-order valence-electron chi connectivity index (χ1n) is 13.9. The standard InChI is InChI=1S/C30H42N6OSi/c1-20(2)27-28(24-9-8-23-16-26(31-4)11-10-22(23)15-24)34-36(19-37-12-13-38(5,6)7)29(27)25-14-21(3)30-32-18-33-35(30)17-25/h8-9,14-15,17-18,20,26,31H,10-13,16,19H2,1-7H3. The summed E-state index contributed by atoms with van der Waals surface area (Å²) < 4.78 is 10.2. The molecule has 1 aromatic carbocycles. The average molecular weight is 531 g/mol. The largest absolute Gasteiger partial charge is 0.360 e. The van der Waals surface area contributed by atoms with Crippen LogP contribution in [-0.2, 0) is 24.3 Å². The lowest BCUT2D eigenvalue weighted by atomic mass is 9.86. The van der Waals surface area contributed by atoms with Gasteiger partial charge in [0.1, 0.15) is 13.1 Å². The molecule has 1 aliphatic rings. The van der Waals surface area contributed by atoms with Crippen molar-refractivity contribution in [3.05, 3.63) is 59.0 Å². The summed E-state index contributed by atoms with van der Waals surface area (Å²) in [6, 6.07) is 10.9. The van der Waals surface area contributed by atoms with Crippen molar-refractivity contribution >= 4 is 13.7 Å². The highest BCUT2D eigenvalue weighted by Gasteiger charge is 2.25. The Morgan fingerprint density at radius 3 is 2.68 bits per heavy atom. The minimum atomic E-state index is -1.18. The van der Waals surface area contributed by atoms with E-state index >= 15 is 0 Å². The molecular formula is C30H42N6OSi. The molecule has 4 aromatic rings. The summed E-state index contributed by atoms with van der Waals surface area (Å²) in [4.78, 5) is 4.43. The van der Waals surface area contributed by atoms with Gasteiger partial charge < -0.3 is 10.1 Å². The summed E-state index contributed by atoms with van der Waals surface area (Å²) in [5.41, 5.74) is 10.6. The van der Waals surface area contributed by atoms with Crippen molar-refractivity contribution in [2.45, 2.75) is 84.4 Å². The Hall–Kier alpha value is -2.81. The molecule has 0 aliphatic heterocycles. The Morgan fingerprint density at radius 1 is 1.13 bits per heavy atom. The summed E-state index contributed by atoms with van der Waals surface area (Å²) in [5, 5.41) is 13.1. The number of ether oxygens (including phenoxy) is 1. The highest BCUT2D eigenvalue weighted by atomic mass is 28.3. The van der Waals surface area contributed by atoms with Crippen LogP contribution in [0.15, 0.2) is 36.8 Å². The molecule has 0 saturated heterocycles. The molecule has 3 aromatic heterocycles. The van der Waals surface area contributed by atoms with E-state index in [0.29, 0.717) is 12.8 Å². The first-order chi connectivity index (χ1) is 18.1. The summed E-state index contributed by atoms with van der Waals surface area (Å²) in [6.45, 7) is 15.0. The van der Waals surface area contributed by atoms with E-state index in [9.17, 15) is 0 Å². The molecule has 0 spiro atoms. The monoisotopic (exact) mass is 530 g/mol. The molecule has 8 heteroatoms. The number of aryl methyl sites for hydroxylation is 2. The van der Waals surface area contributed by atoms with Crippen LogP contribution in [0.1, 0.15) is 48.4 Å². The summed E-state index contributed by atoms with van der Waals surface area (Å²) in [7, 11) is 0.888. The molecule has 7 nitrogen and oxygen atoms in total. The van der Waals surface area contributed by atoms with E-state index in [1.165, 1.54) is 28.7 Å². The van der Waals surface area contributed by atoms with Crippen LogP contribution in [0.4, 0.5) is 0 Å². The molecule has 38 heavy (non-hydrogen) atoms. The topological polar surface area (TPSA) is 69.3 Å². The van der Waals surface area contributed by atoms with Gasteiger partial charge in [-0.3, -0.25) is 0 Å². The zero-order valence-electron chi connectivity index (χ0n) is 24.0. The highest BCUT2D eigenvalue weighted by molar-refractivity contribution is 6.76. The number of likely N-dealkylation sites (N-methyl/N-ethyl adjacent to an activating group) is 1. The molecule has 0 saturated carbocycles. The Labute approximate surface area is 227 Å². The van der Waals surface area contributed by atoms with Gasteiger partial charge in [-0.05, 0) is 74.0 Å². The number of rotatable bonds is 9. The maximum Gasteiger partial charge on any atom is 0.158 e. The number of benzene rings is 1. The van der Waals surface area contributed by atoms with E-state index in [4.69, 9.17) is 9.84 Å². The molecule has 0 amide bonds. The number of nitrogens with one attached hydrogen (secondary N) is 1. The van der Waals surface area contributed by atoms with Crippen LogP contribution >= 0.6 is 0 Å². The summed E-state index contributed by atoms with van der Waals surface area (Å²) in [6.07, 6.45) is 7.05. The SMILES string of the molecule is CNC1CCc2cc(-c3nn(COCC[Si](C)(C)C)c(-c4cc(C)c5ncnn5c4)c3C(C)C)ccc2C1. The van der Waals surface area contributed by atoms with Crippen molar-refractivity contribution < 1.29 is 4.74 Å². The lowest BCUT2D eigenvalue weighted by Crippen LogP contribution is -2.31. The number of aromatic nitrogens is 5. The fourth-order valence-corrected chi connectivity index (χ4v) is 6.29. The van der Waals surface area contributed by atoms with Gasteiger partial charge >= 0.3 is 0 Å². The maximum atomic E-state index is 6.25. The van der Waals surface area contributed by atoms with Crippen molar-refractivity contribution in [2.75, 3.05) is 13.7 Å². The van der Waals surface area contributed by atoms with E-state index in [0.717, 1.165) is 53.7 Å². The molecule has 5 rings (SSSR count). The van der Waals surface area contributed by atoms with Gasteiger partial charge in [0, 0.05) is 43.6 Å². The summed E-state index contributed by atoms with van der Waals surface area (Å²) in [5.74, 6) is 0.284. The van der Waals surface area contributed by atoms with E-state index < -0.39 is 8.07 Å². The zero-order valence-corrected chi connectivity index (χ0v) is 25.0. The fourth-order valence-electron chi connectivity index (χ4n) is 5.54. The molecule has 0 radical (unpaired) electrons. The quantitative estimate of drug-likeness (QED) is 0.210. The molecule has 202 valence electrons. The van der Waals surface area contributed by atoms with Crippen LogP contribution in [-0.4, -0.2) is 52.1 Å². The van der Waals surface area contributed by atoms with Gasteiger partial charge in [0.25, 0.3) is 0 Å². The third-order valence-electron chi connectivity index (χ3n) is 7.73. The highest BCUT2D eigenvalue weighted by Crippen LogP contribution is 2.39. The number of hydrogen-bond acceptors (Lipinski definition) is 5. The average Bonchev–Trinajstić information content (AvgIpc) is 3.50. The fraction of sp³-hybridized carbons (Fsp3) is 0.500. The molecule has 3 heterocycles. The van der Waals surface area contributed by atoms with Gasteiger partial charge in [-0.1, -0.05) is 45.6 Å². The number of hydrogen-bond donors (Lipinski definition) is 1. The smallest absolute Gasteiger partial charge is 0.158 e. The number of pyridine rings is 1. The predicted molar refractivity (Wildman–Crippen MR) is 157 cm³/mol. The van der Waals surface area contributed by atoms with Gasteiger partial charge in [0.15, 0.2) is 5.65 Å². The predicted octanol–water partition coefficient (Wildman–Crippen LogP) is 6.08. The maximum absolute atomic E-state index is 6.25. The third kappa shape index (κ3) is 5.48. The second kappa shape index (κ2) is 10.7. The van der Waals surface area contributed by atoms with Crippen LogP contribution in [0.2, 0.25) is 25.7 Å². The van der Waals surface area contributed by atoms with E-state index in [-0.39, 0.29) is 5.92 Å². The molecule has 1 aliphatic carbocycles. The van der Waals surface area contributed by atoms with Gasteiger partial charge in [-0.2, -0.15) is 10.2 Å². The van der Waals surface area contributed by atoms with Gasteiger partial charge in [-0.25, -0.2) is 14.2 Å². The molecule has 1 atom stereocenters. The molecular weight excluding hydrogens is 488 g/mol. The van der Waals surface area contributed by atoms with Crippen molar-refractivity contribution in [2.24, 2.45) is 0 Å². The second-order valence-corrected chi connectivity index (χ2v) is 17.9. The Morgan fingerprint density at radius 2 is 1.95 bits per heavy atom. The molecule has 1 unspecified atom stereocenters. The van der Waals surface area contributed by atoms with Crippen molar-refractivity contribution in [3.8, 4) is 22.5 Å². The van der Waals surface area contributed by atoms with Crippen LogP contribution in [0.25, 0.3) is 28.2 Å². The van der Waals surface area contributed by atoms with Gasteiger partial charge in [-0.15, -0.1) is 0 Å². The lowest BCUT2D eigenvalue weighted by molar-refractivity contribution is 0.0799. The summed E-state index contributed by atoms with van der Waals surface area (Å²) >= 11 is 0. The van der Waals surface area contributed by atoms with E-state index in [1.807, 2.05) is 4.52 Å². The van der Waals surface area contributed by atoms with Crippen molar-refractivity contribution in [1.82, 2.24) is 29.7 Å². The van der Waals surface area contributed by atoms with Crippen molar-refractivity contribution in [1.29, 1.82) is 0 Å². The molecule has 0 bridgehead atoms. The van der Waals surface area contributed by atoms with Crippen LogP contribution in [0, 0.1) is 6.92 Å². The molecule has 0 fully saturated rings. The Bertz CT molecular complexity index is 1430. The lowest BCUT2D eigenvalue weighted by Gasteiger charge is -2.24. The zero-order chi connectivity index (χ0) is 27.0. The van der Waals surface area contributed by atoms with Crippen molar-refractivity contribution in [3.63, 3.8) is 0 Å². The molecule has 1 N–H and O–H groups in total. The van der Waals surface area contributed by atoms with E-state index in [1.54, 1.807) is 6.33 Å². The number of nitrogens with zero attached hydrogens (tertiary/aromatic N) is 5. The second-order valence-electron chi connectivity index (χ2n) is 12.3. The third-order valence-corrected chi connectivity index (χ3v) is 9.43. The Kier molecular flexibility index (Phi) is 7.57. The van der Waals surface area contributed by atoms with Gasteiger partial charge in [0.05, 0.1) is 11.4 Å². The van der Waals surface area contributed by atoms with Crippen LogP contribution in [0.5, 0.6) is 0 Å². The van der Waals surface area contributed by atoms with Crippen LogP contribution < -0.4 is 5.32 Å².